The molecule has 1 aromatic rings. The fourth-order valence-electron chi connectivity index (χ4n) is 1.93. The minimum absolute atomic E-state index is 0.825. The lowest BCUT2D eigenvalue weighted by molar-refractivity contribution is 0.122. The van der Waals surface area contributed by atoms with E-state index >= 15 is 0 Å². The van der Waals surface area contributed by atoms with Gasteiger partial charge in [-0.3, -0.25) is 0 Å². The van der Waals surface area contributed by atoms with Crippen LogP contribution in [0.5, 0.6) is 0 Å². The molecule has 96 valence electrons. The molecule has 0 bridgehead atoms. The van der Waals surface area contributed by atoms with Gasteiger partial charge in [0, 0.05) is 37.3 Å². The third-order valence-electron chi connectivity index (χ3n) is 2.98. The van der Waals surface area contributed by atoms with Gasteiger partial charge in [0.25, 0.3) is 0 Å². The van der Waals surface area contributed by atoms with Crippen LogP contribution in [0.2, 0.25) is 0 Å². The maximum absolute atomic E-state index is 5.35. The molecule has 0 spiro atoms. The summed E-state index contributed by atoms with van der Waals surface area (Å²) in [7, 11) is 1.94. The molecule has 1 saturated heterocycles. The maximum atomic E-state index is 5.35. The van der Waals surface area contributed by atoms with Gasteiger partial charge in [-0.1, -0.05) is 11.8 Å². The fraction of sp³-hybridized carbons (Fsp3) is 0.467. The van der Waals surface area contributed by atoms with E-state index in [-0.39, 0.29) is 0 Å². The van der Waals surface area contributed by atoms with E-state index < -0.39 is 0 Å². The van der Waals surface area contributed by atoms with Gasteiger partial charge in [0.1, 0.15) is 0 Å². The summed E-state index contributed by atoms with van der Waals surface area (Å²) in [6, 6.07) is 8.48. The van der Waals surface area contributed by atoms with Crippen molar-refractivity contribution in [1.29, 1.82) is 0 Å². The summed E-state index contributed by atoms with van der Waals surface area (Å²) in [5.74, 6) is 6.33. The van der Waals surface area contributed by atoms with E-state index in [4.69, 9.17) is 4.74 Å². The Hall–Kier alpha value is -1.50. The van der Waals surface area contributed by atoms with Crippen molar-refractivity contribution in [3.8, 4) is 11.8 Å². The van der Waals surface area contributed by atoms with Gasteiger partial charge in [-0.25, -0.2) is 0 Å². The summed E-state index contributed by atoms with van der Waals surface area (Å²) in [6.07, 6.45) is 0.891. The quantitative estimate of drug-likeness (QED) is 0.644. The molecule has 0 unspecified atom stereocenters. The number of hydrogen-bond donors (Lipinski definition) is 1. The lowest BCUT2D eigenvalue weighted by Gasteiger charge is -2.28. The predicted octanol–water partition coefficient (Wildman–Crippen LogP) is 1.48. The molecule has 2 rings (SSSR count). The fourth-order valence-corrected chi connectivity index (χ4v) is 1.93. The van der Waals surface area contributed by atoms with E-state index in [1.54, 1.807) is 0 Å². The van der Waals surface area contributed by atoms with Crippen LogP contribution in [0.1, 0.15) is 12.0 Å². The van der Waals surface area contributed by atoms with E-state index in [1.165, 1.54) is 5.69 Å². The van der Waals surface area contributed by atoms with Gasteiger partial charge < -0.3 is 15.0 Å². The second kappa shape index (κ2) is 7.05. The second-order valence-corrected chi connectivity index (χ2v) is 4.30. The van der Waals surface area contributed by atoms with Crippen LogP contribution in [-0.2, 0) is 4.74 Å². The van der Waals surface area contributed by atoms with Crippen LogP contribution in [0.15, 0.2) is 24.3 Å². The van der Waals surface area contributed by atoms with Crippen LogP contribution in [0, 0.1) is 11.8 Å². The van der Waals surface area contributed by atoms with Gasteiger partial charge >= 0.3 is 0 Å². The third-order valence-corrected chi connectivity index (χ3v) is 2.98. The number of nitrogens with one attached hydrogen (secondary N) is 1. The molecule has 1 aromatic carbocycles. The zero-order valence-electron chi connectivity index (χ0n) is 10.9. The Balaban J connectivity index is 1.93. The first-order chi connectivity index (χ1) is 8.90. The van der Waals surface area contributed by atoms with Crippen molar-refractivity contribution >= 4 is 5.69 Å². The van der Waals surface area contributed by atoms with Crippen LogP contribution in [0.4, 0.5) is 5.69 Å². The maximum Gasteiger partial charge on any atom is 0.0642 e. The lowest BCUT2D eigenvalue weighted by atomic mass is 10.2. The average Bonchev–Trinajstić information content (AvgIpc) is 2.45. The Bertz CT molecular complexity index is 410. The zero-order chi connectivity index (χ0) is 12.6. The first-order valence-corrected chi connectivity index (χ1v) is 6.46. The average molecular weight is 244 g/mol. The van der Waals surface area contributed by atoms with Crippen molar-refractivity contribution in [3.63, 3.8) is 0 Å². The molecule has 0 aliphatic carbocycles. The lowest BCUT2D eigenvalue weighted by Crippen LogP contribution is -2.36. The van der Waals surface area contributed by atoms with E-state index in [1.807, 2.05) is 7.05 Å². The van der Waals surface area contributed by atoms with Crippen LogP contribution in [0.25, 0.3) is 0 Å². The number of hydrogen-bond acceptors (Lipinski definition) is 3. The summed E-state index contributed by atoms with van der Waals surface area (Å²) in [4.78, 5) is 2.35. The van der Waals surface area contributed by atoms with Crippen molar-refractivity contribution in [2.24, 2.45) is 0 Å². The van der Waals surface area contributed by atoms with Gasteiger partial charge in [-0.2, -0.15) is 0 Å². The SMILES string of the molecule is CNCCC#Cc1ccc(N2CCOCC2)cc1. The molecule has 1 fully saturated rings. The van der Waals surface area contributed by atoms with Crippen molar-refractivity contribution in [3.05, 3.63) is 29.8 Å². The summed E-state index contributed by atoms with van der Waals surface area (Å²) in [6.45, 7) is 4.55. The standard InChI is InChI=1S/C15H20N2O/c1-16-9-3-2-4-14-5-7-15(8-6-14)17-10-12-18-13-11-17/h5-8,16H,3,9-13H2,1H3. The van der Waals surface area contributed by atoms with Crippen LogP contribution in [-0.4, -0.2) is 39.9 Å². The first kappa shape index (κ1) is 12.9. The normalized spacial score (nSPS) is 15.1. The van der Waals surface area contributed by atoms with Gasteiger partial charge in [0.15, 0.2) is 0 Å². The molecule has 3 heteroatoms. The Morgan fingerprint density at radius 1 is 1.22 bits per heavy atom. The molecular formula is C15H20N2O. The van der Waals surface area contributed by atoms with E-state index in [9.17, 15) is 0 Å². The number of rotatable bonds is 3. The Morgan fingerprint density at radius 3 is 2.61 bits per heavy atom. The molecular weight excluding hydrogens is 224 g/mol. The molecule has 0 radical (unpaired) electrons. The molecule has 0 amide bonds. The largest absolute Gasteiger partial charge is 0.378 e. The smallest absolute Gasteiger partial charge is 0.0642 e. The zero-order valence-corrected chi connectivity index (χ0v) is 10.9. The highest BCUT2D eigenvalue weighted by atomic mass is 16.5. The topological polar surface area (TPSA) is 24.5 Å². The highest BCUT2D eigenvalue weighted by Crippen LogP contribution is 2.16. The molecule has 1 aliphatic heterocycles. The molecule has 0 saturated carbocycles. The van der Waals surface area contributed by atoms with E-state index in [0.717, 1.165) is 44.8 Å². The van der Waals surface area contributed by atoms with Crippen molar-refractivity contribution < 1.29 is 4.74 Å². The number of ether oxygens (including phenoxy) is 1. The first-order valence-electron chi connectivity index (χ1n) is 6.46. The number of benzene rings is 1. The monoisotopic (exact) mass is 244 g/mol. The molecule has 1 N–H and O–H groups in total. The van der Waals surface area contributed by atoms with E-state index in [2.05, 4.69) is 46.3 Å². The van der Waals surface area contributed by atoms with E-state index in [0.29, 0.717) is 0 Å². The summed E-state index contributed by atoms with van der Waals surface area (Å²) in [5.41, 5.74) is 2.35. The Kier molecular flexibility index (Phi) is 5.07. The summed E-state index contributed by atoms with van der Waals surface area (Å²) < 4.78 is 5.35. The number of anilines is 1. The van der Waals surface area contributed by atoms with Crippen LogP contribution in [0.3, 0.4) is 0 Å². The van der Waals surface area contributed by atoms with Gasteiger partial charge in [-0.15, -0.1) is 0 Å². The van der Waals surface area contributed by atoms with Crippen LogP contribution >= 0.6 is 0 Å². The molecule has 0 atom stereocenters. The summed E-state index contributed by atoms with van der Waals surface area (Å²) >= 11 is 0. The minimum atomic E-state index is 0.825. The van der Waals surface area contributed by atoms with Gasteiger partial charge in [0.2, 0.25) is 0 Å². The van der Waals surface area contributed by atoms with Crippen molar-refractivity contribution in [2.45, 2.75) is 6.42 Å². The summed E-state index contributed by atoms with van der Waals surface area (Å²) in [5, 5.41) is 3.09. The van der Waals surface area contributed by atoms with Gasteiger partial charge in [0.05, 0.1) is 13.2 Å². The Labute approximate surface area is 109 Å². The highest BCUT2D eigenvalue weighted by Gasteiger charge is 2.10. The number of nitrogens with zero attached hydrogens (tertiary/aromatic N) is 1. The molecule has 1 heterocycles. The molecule has 0 aromatic heterocycles. The second-order valence-electron chi connectivity index (χ2n) is 4.30. The van der Waals surface area contributed by atoms with Crippen molar-refractivity contribution in [1.82, 2.24) is 5.32 Å². The van der Waals surface area contributed by atoms with Crippen LogP contribution < -0.4 is 10.2 Å². The molecule has 1 aliphatic rings. The molecule has 18 heavy (non-hydrogen) atoms. The Morgan fingerprint density at radius 2 is 1.94 bits per heavy atom. The number of morpholine rings is 1. The highest BCUT2D eigenvalue weighted by molar-refractivity contribution is 5.50. The third kappa shape index (κ3) is 3.76. The predicted molar refractivity (Wildman–Crippen MR) is 74.9 cm³/mol. The van der Waals surface area contributed by atoms with Gasteiger partial charge in [-0.05, 0) is 31.3 Å². The van der Waals surface area contributed by atoms with Crippen molar-refractivity contribution in [2.75, 3.05) is 44.8 Å². The minimum Gasteiger partial charge on any atom is -0.378 e. The molecule has 3 nitrogen and oxygen atoms in total.